The molecule has 1 aliphatic heterocycles. The molecule has 1 atom stereocenters. The fourth-order valence-corrected chi connectivity index (χ4v) is 3.71. The molecule has 26 heavy (non-hydrogen) atoms. The van der Waals surface area contributed by atoms with E-state index in [1.54, 1.807) is 7.05 Å². The van der Waals surface area contributed by atoms with Crippen molar-refractivity contribution in [1.29, 1.82) is 0 Å². The highest BCUT2D eigenvalue weighted by molar-refractivity contribution is 7.90. The zero-order valence-corrected chi connectivity index (χ0v) is 14.9. The number of sulfonamides is 1. The van der Waals surface area contributed by atoms with Gasteiger partial charge in [0.05, 0.1) is 10.5 Å². The van der Waals surface area contributed by atoms with Crippen LogP contribution in [0.3, 0.4) is 0 Å². The highest BCUT2D eigenvalue weighted by atomic mass is 32.2. The molecule has 1 N–H and O–H groups in total. The quantitative estimate of drug-likeness (QED) is 0.869. The zero-order valence-electron chi connectivity index (χ0n) is 14.1. The van der Waals surface area contributed by atoms with E-state index < -0.39 is 38.6 Å². The number of amides is 1. The average Bonchev–Trinajstić information content (AvgIpc) is 3.20. The Kier molecular flexibility index (Phi) is 4.80. The Labute approximate surface area is 149 Å². The summed E-state index contributed by atoms with van der Waals surface area (Å²) in [5.74, 6) is -2.97. The van der Waals surface area contributed by atoms with Crippen molar-refractivity contribution >= 4 is 15.9 Å². The van der Waals surface area contributed by atoms with Gasteiger partial charge in [-0.2, -0.15) is 5.10 Å². The number of benzene rings is 1. The van der Waals surface area contributed by atoms with Gasteiger partial charge in [0, 0.05) is 25.4 Å². The van der Waals surface area contributed by atoms with Crippen LogP contribution >= 0.6 is 0 Å². The van der Waals surface area contributed by atoms with Gasteiger partial charge in [-0.1, -0.05) is 0 Å². The number of carbonyl (C=O) groups is 1. The molecule has 1 aromatic carbocycles. The first-order valence-corrected chi connectivity index (χ1v) is 9.35. The van der Waals surface area contributed by atoms with Crippen LogP contribution in [0.5, 0.6) is 0 Å². The maximum atomic E-state index is 13.7. The minimum absolute atomic E-state index is 0.0380. The number of hydrogen-bond acceptors (Lipinski definition) is 5. The average molecular weight is 385 g/mol. The third-order valence-corrected chi connectivity index (χ3v) is 5.44. The summed E-state index contributed by atoms with van der Waals surface area (Å²) in [4.78, 5) is 11.8. The van der Waals surface area contributed by atoms with Crippen molar-refractivity contribution in [2.75, 3.05) is 6.61 Å². The minimum atomic E-state index is -4.46. The maximum absolute atomic E-state index is 13.7. The summed E-state index contributed by atoms with van der Waals surface area (Å²) >= 11 is 0. The molecule has 1 saturated heterocycles. The molecule has 2 aromatic rings. The number of hydrogen-bond donors (Lipinski definition) is 1. The van der Waals surface area contributed by atoms with E-state index in [0.29, 0.717) is 30.9 Å². The van der Waals surface area contributed by atoms with Crippen LogP contribution in [0.25, 0.3) is 0 Å². The molecule has 1 fully saturated rings. The maximum Gasteiger partial charge on any atom is 0.268 e. The molecule has 0 saturated carbocycles. The summed E-state index contributed by atoms with van der Waals surface area (Å²) in [6.07, 6.45) is 2.45. The highest BCUT2D eigenvalue weighted by Crippen LogP contribution is 2.29. The molecule has 7 nitrogen and oxygen atoms in total. The molecule has 10 heteroatoms. The molecule has 140 valence electrons. The molecule has 1 aliphatic rings. The number of carbonyl (C=O) groups excluding carboxylic acids is 1. The first-order valence-electron chi connectivity index (χ1n) is 7.87. The Bertz CT molecular complexity index is 943. The van der Waals surface area contributed by atoms with Gasteiger partial charge in [0.15, 0.2) is 0 Å². The van der Waals surface area contributed by atoms with E-state index >= 15 is 0 Å². The summed E-state index contributed by atoms with van der Waals surface area (Å²) in [6, 6.07) is 1.33. The molecule has 1 aromatic heterocycles. The second-order valence-electron chi connectivity index (χ2n) is 6.05. The lowest BCUT2D eigenvalue weighted by atomic mass is 10.1. The molecule has 1 unspecified atom stereocenters. The number of nitrogens with zero attached hydrogens (tertiary/aromatic N) is 2. The topological polar surface area (TPSA) is 90.3 Å². The number of rotatable bonds is 4. The predicted octanol–water partition coefficient (Wildman–Crippen LogP) is 1.98. The van der Waals surface area contributed by atoms with E-state index in [1.807, 2.05) is 4.72 Å². The normalized spacial score (nSPS) is 17.5. The van der Waals surface area contributed by atoms with Gasteiger partial charge >= 0.3 is 0 Å². The van der Waals surface area contributed by atoms with E-state index in [2.05, 4.69) is 5.10 Å². The number of aryl methyl sites for hydroxylation is 1. The molecule has 1 amide bonds. The van der Waals surface area contributed by atoms with Gasteiger partial charge in [0.25, 0.3) is 15.9 Å². The smallest absolute Gasteiger partial charge is 0.268 e. The fourth-order valence-electron chi connectivity index (χ4n) is 2.72. The van der Waals surface area contributed by atoms with Crippen molar-refractivity contribution in [2.45, 2.75) is 30.8 Å². The largest absolute Gasteiger partial charge is 0.372 e. The van der Waals surface area contributed by atoms with Crippen LogP contribution in [0.15, 0.2) is 23.2 Å². The predicted molar refractivity (Wildman–Crippen MR) is 86.9 cm³/mol. The number of halogens is 2. The first kappa shape index (κ1) is 18.5. The van der Waals surface area contributed by atoms with Gasteiger partial charge in [-0.15, -0.1) is 0 Å². The van der Waals surface area contributed by atoms with Crippen LogP contribution in [-0.2, 0) is 21.8 Å². The van der Waals surface area contributed by atoms with Crippen molar-refractivity contribution in [3.8, 4) is 0 Å². The van der Waals surface area contributed by atoms with E-state index in [9.17, 15) is 22.0 Å². The molecule has 3 rings (SSSR count). The van der Waals surface area contributed by atoms with Gasteiger partial charge in [-0.05, 0) is 31.9 Å². The minimum Gasteiger partial charge on any atom is -0.372 e. The lowest BCUT2D eigenvalue weighted by Gasteiger charge is -2.10. The monoisotopic (exact) mass is 385 g/mol. The van der Waals surface area contributed by atoms with Crippen molar-refractivity contribution < 1.29 is 26.7 Å². The van der Waals surface area contributed by atoms with Gasteiger partial charge < -0.3 is 4.74 Å². The summed E-state index contributed by atoms with van der Waals surface area (Å²) in [5, 5.41) is 4.17. The van der Waals surface area contributed by atoms with Gasteiger partial charge in [0.2, 0.25) is 0 Å². The highest BCUT2D eigenvalue weighted by Gasteiger charge is 2.29. The molecule has 2 heterocycles. The van der Waals surface area contributed by atoms with Gasteiger partial charge in [-0.25, -0.2) is 21.9 Å². The SMILES string of the molecule is Cc1c(F)cc(S(=O)(=O)NC(=O)c2cn(C)nc2C2CCCO2)cc1F. The van der Waals surface area contributed by atoms with E-state index in [1.165, 1.54) is 17.8 Å². The van der Waals surface area contributed by atoms with Crippen molar-refractivity contribution in [2.24, 2.45) is 7.05 Å². The summed E-state index contributed by atoms with van der Waals surface area (Å²) < 4.78 is 60.7. The Hall–Kier alpha value is -2.33. The lowest BCUT2D eigenvalue weighted by molar-refractivity contribution is 0.0946. The lowest BCUT2D eigenvalue weighted by Crippen LogP contribution is -2.31. The van der Waals surface area contributed by atoms with Crippen LogP contribution in [0.2, 0.25) is 0 Å². The first-order chi connectivity index (χ1) is 12.2. The molecular formula is C16H17F2N3O4S. The molecule has 0 radical (unpaired) electrons. The van der Waals surface area contributed by atoms with Crippen LogP contribution in [0.4, 0.5) is 8.78 Å². The third kappa shape index (κ3) is 3.47. The van der Waals surface area contributed by atoms with Crippen molar-refractivity contribution in [3.05, 3.63) is 46.8 Å². The fraction of sp³-hybridized carbons (Fsp3) is 0.375. The zero-order chi connectivity index (χ0) is 19.1. The van der Waals surface area contributed by atoms with Crippen LogP contribution < -0.4 is 4.72 Å². The number of ether oxygens (including phenoxy) is 1. The number of aromatic nitrogens is 2. The summed E-state index contributed by atoms with van der Waals surface area (Å²) in [7, 11) is -2.87. The molecule has 0 aliphatic carbocycles. The van der Waals surface area contributed by atoms with Gasteiger partial charge in [-0.3, -0.25) is 9.48 Å². The molecule has 0 bridgehead atoms. The molecular weight excluding hydrogens is 368 g/mol. The standard InChI is InChI=1S/C16H17F2N3O4S/c1-9-12(17)6-10(7-13(9)18)26(23,24)20-16(22)11-8-21(2)19-15(11)14-4-3-5-25-14/h6-8,14H,3-5H2,1-2H3,(H,20,22). The van der Waals surface area contributed by atoms with Crippen molar-refractivity contribution in [3.63, 3.8) is 0 Å². The second-order valence-corrected chi connectivity index (χ2v) is 7.73. The van der Waals surface area contributed by atoms with Crippen LogP contribution in [0.1, 0.15) is 40.6 Å². The van der Waals surface area contributed by atoms with Crippen molar-refractivity contribution in [1.82, 2.24) is 14.5 Å². The van der Waals surface area contributed by atoms with Crippen LogP contribution in [0, 0.1) is 18.6 Å². The Morgan fingerprint density at radius 1 is 1.35 bits per heavy atom. The molecule has 0 spiro atoms. The Morgan fingerprint density at radius 2 is 2.00 bits per heavy atom. The van der Waals surface area contributed by atoms with Gasteiger partial charge in [0.1, 0.15) is 23.4 Å². The number of nitrogens with one attached hydrogen (secondary N) is 1. The third-order valence-electron chi connectivity index (χ3n) is 4.13. The summed E-state index contributed by atoms with van der Waals surface area (Å²) in [6.45, 7) is 1.71. The second kappa shape index (κ2) is 6.76. The van der Waals surface area contributed by atoms with E-state index in [0.717, 1.165) is 6.42 Å². The summed E-state index contributed by atoms with van der Waals surface area (Å²) in [5.41, 5.74) is 0.0678. The Morgan fingerprint density at radius 3 is 2.58 bits per heavy atom. The Balaban J connectivity index is 1.90. The van der Waals surface area contributed by atoms with Crippen LogP contribution in [-0.4, -0.2) is 30.7 Å². The van der Waals surface area contributed by atoms with E-state index in [-0.39, 0.29) is 11.1 Å². The van der Waals surface area contributed by atoms with E-state index in [4.69, 9.17) is 4.74 Å².